The van der Waals surface area contributed by atoms with Gasteiger partial charge in [0.25, 0.3) is 0 Å². The average molecular weight is 491 g/mol. The van der Waals surface area contributed by atoms with Gasteiger partial charge in [0.05, 0.1) is 0 Å². The van der Waals surface area contributed by atoms with Crippen LogP contribution in [0, 0.1) is 13.8 Å². The van der Waals surface area contributed by atoms with Crippen molar-refractivity contribution in [3.63, 3.8) is 0 Å². The van der Waals surface area contributed by atoms with Crippen molar-refractivity contribution in [3.05, 3.63) is 34.9 Å². The molecule has 2 atom stereocenters. The van der Waals surface area contributed by atoms with Crippen LogP contribution in [0.25, 0.3) is 0 Å². The third-order valence-electron chi connectivity index (χ3n) is 5.00. The molecule has 4 amide bonds. The normalized spacial score (nSPS) is 13.2. The highest BCUT2D eigenvalue weighted by molar-refractivity contribution is 5.92. The predicted octanol–water partition coefficient (Wildman–Crippen LogP) is 3.26. The van der Waals surface area contributed by atoms with Gasteiger partial charge in [0, 0.05) is 18.5 Å². The van der Waals surface area contributed by atoms with Crippen LogP contribution in [0.5, 0.6) is 0 Å². The van der Waals surface area contributed by atoms with Crippen molar-refractivity contribution < 1.29 is 23.9 Å². The Balaban J connectivity index is 3.52. The van der Waals surface area contributed by atoms with Crippen LogP contribution in [-0.4, -0.2) is 52.4 Å². The van der Waals surface area contributed by atoms with E-state index in [2.05, 4.69) is 10.6 Å². The molecule has 1 aromatic rings. The quantitative estimate of drug-likeness (QED) is 0.463. The topological polar surface area (TPSA) is 131 Å². The van der Waals surface area contributed by atoms with Gasteiger partial charge < -0.3 is 26.0 Å². The zero-order valence-electron chi connectivity index (χ0n) is 22.5. The number of nitrogens with zero attached hydrogens (tertiary/aromatic N) is 1. The number of hydrogen-bond donors (Lipinski definition) is 3. The number of carbonyl (C=O) groups is 4. The average Bonchev–Trinajstić information content (AvgIpc) is 2.65. The van der Waals surface area contributed by atoms with Gasteiger partial charge in [-0.25, -0.2) is 4.79 Å². The van der Waals surface area contributed by atoms with Gasteiger partial charge in [-0.15, -0.1) is 0 Å². The number of primary amides is 1. The number of nitrogens with one attached hydrogen (secondary N) is 2. The molecule has 0 fully saturated rings. The molecule has 0 aliphatic rings. The van der Waals surface area contributed by atoms with Gasteiger partial charge in [0.1, 0.15) is 17.7 Å². The second kappa shape index (κ2) is 12.6. The Bertz CT molecular complexity index is 901. The second-order valence-corrected chi connectivity index (χ2v) is 10.5. The van der Waals surface area contributed by atoms with Crippen LogP contribution in [0.4, 0.5) is 4.79 Å². The van der Waals surface area contributed by atoms with Crippen molar-refractivity contribution in [2.24, 2.45) is 5.73 Å². The van der Waals surface area contributed by atoms with Crippen molar-refractivity contribution in [2.45, 2.75) is 105 Å². The molecule has 1 rings (SSSR count). The third kappa shape index (κ3) is 9.96. The number of carbonyl (C=O) groups excluding carboxylic acids is 4. The molecule has 0 saturated heterocycles. The number of hydrogen-bond acceptors (Lipinski definition) is 5. The zero-order valence-corrected chi connectivity index (χ0v) is 22.5. The summed E-state index contributed by atoms with van der Waals surface area (Å²) in [6, 6.07) is 3.13. The van der Waals surface area contributed by atoms with Crippen LogP contribution < -0.4 is 16.4 Å². The van der Waals surface area contributed by atoms with Crippen LogP contribution in [0.1, 0.15) is 84.0 Å². The van der Waals surface area contributed by atoms with Crippen LogP contribution in [-0.2, 0) is 19.1 Å². The summed E-state index contributed by atoms with van der Waals surface area (Å²) in [6.45, 7) is 16.3. The largest absolute Gasteiger partial charge is 0.444 e. The summed E-state index contributed by atoms with van der Waals surface area (Å²) in [5.41, 5.74) is 7.11. The van der Waals surface area contributed by atoms with Crippen LogP contribution >= 0.6 is 0 Å². The Kier molecular flexibility index (Phi) is 10.7. The molecule has 0 heterocycles. The monoisotopic (exact) mass is 490 g/mol. The molecular formula is C26H42N4O5. The van der Waals surface area contributed by atoms with E-state index in [-0.39, 0.29) is 24.8 Å². The van der Waals surface area contributed by atoms with Crippen LogP contribution in [0.2, 0.25) is 0 Å². The van der Waals surface area contributed by atoms with E-state index in [1.165, 1.54) is 4.90 Å². The van der Waals surface area contributed by atoms with E-state index >= 15 is 0 Å². The van der Waals surface area contributed by atoms with Crippen LogP contribution in [0.15, 0.2) is 18.2 Å². The standard InChI is InChI=1S/C26H42N4O5/c1-15(2)28-23(32)22(19-13-17(5)12-18(6)14-19)30(16(3)4)24(33)20(10-11-21(27)31)29-25(34)35-26(7,8)9/h12-16,20,22H,10-11H2,1-9H3,(H2,27,31)(H,28,32)(H,29,34). The van der Waals surface area contributed by atoms with Gasteiger partial charge >= 0.3 is 6.09 Å². The molecule has 1 aromatic carbocycles. The molecule has 0 aromatic heterocycles. The van der Waals surface area contributed by atoms with Gasteiger partial charge in [0.15, 0.2) is 0 Å². The second-order valence-electron chi connectivity index (χ2n) is 10.5. The van der Waals surface area contributed by atoms with Crippen molar-refractivity contribution in [3.8, 4) is 0 Å². The summed E-state index contributed by atoms with van der Waals surface area (Å²) in [4.78, 5) is 52.8. The minimum atomic E-state index is -1.11. The van der Waals surface area contributed by atoms with E-state index in [0.717, 1.165) is 11.1 Å². The van der Waals surface area contributed by atoms with Gasteiger partial charge in [0.2, 0.25) is 17.7 Å². The Labute approximate surface area is 209 Å². The lowest BCUT2D eigenvalue weighted by Gasteiger charge is -2.37. The highest BCUT2D eigenvalue weighted by Crippen LogP contribution is 2.27. The van der Waals surface area contributed by atoms with E-state index in [4.69, 9.17) is 10.5 Å². The number of alkyl carbamates (subject to hydrolysis) is 1. The first kappa shape index (κ1) is 29.9. The number of benzene rings is 1. The van der Waals surface area contributed by atoms with Crippen molar-refractivity contribution in [1.29, 1.82) is 0 Å². The number of amides is 4. The van der Waals surface area contributed by atoms with Gasteiger partial charge in [-0.1, -0.05) is 29.3 Å². The Morgan fingerprint density at radius 1 is 0.971 bits per heavy atom. The Hall–Kier alpha value is -3.10. The Morgan fingerprint density at radius 2 is 1.51 bits per heavy atom. The van der Waals surface area contributed by atoms with Crippen molar-refractivity contribution in [2.75, 3.05) is 0 Å². The van der Waals surface area contributed by atoms with E-state index in [1.807, 2.05) is 45.9 Å². The van der Waals surface area contributed by atoms with Crippen LogP contribution in [0.3, 0.4) is 0 Å². The molecule has 0 bridgehead atoms. The first-order valence-corrected chi connectivity index (χ1v) is 12.0. The number of nitrogens with two attached hydrogens (primary N) is 1. The van der Waals surface area contributed by atoms with Gasteiger partial charge in [-0.3, -0.25) is 14.4 Å². The predicted molar refractivity (Wildman–Crippen MR) is 136 cm³/mol. The zero-order chi connectivity index (χ0) is 27.1. The summed E-state index contributed by atoms with van der Waals surface area (Å²) in [5, 5.41) is 5.49. The summed E-state index contributed by atoms with van der Waals surface area (Å²) in [7, 11) is 0. The fourth-order valence-electron chi connectivity index (χ4n) is 3.82. The molecule has 0 radical (unpaired) electrons. The number of rotatable bonds is 10. The maximum atomic E-state index is 13.9. The van der Waals surface area contributed by atoms with Crippen molar-refractivity contribution >= 4 is 23.8 Å². The van der Waals surface area contributed by atoms with Crippen molar-refractivity contribution in [1.82, 2.24) is 15.5 Å². The minimum absolute atomic E-state index is 0.0258. The summed E-state index contributed by atoms with van der Waals surface area (Å²) in [6.07, 6.45) is -0.939. The maximum absolute atomic E-state index is 13.9. The Morgan fingerprint density at radius 3 is 1.94 bits per heavy atom. The third-order valence-corrected chi connectivity index (χ3v) is 5.00. The lowest BCUT2D eigenvalue weighted by atomic mass is 9.96. The molecular weight excluding hydrogens is 448 g/mol. The fraction of sp³-hybridized carbons (Fsp3) is 0.615. The molecule has 0 spiro atoms. The van der Waals surface area contributed by atoms with E-state index in [1.54, 1.807) is 34.6 Å². The molecule has 35 heavy (non-hydrogen) atoms. The highest BCUT2D eigenvalue weighted by atomic mass is 16.6. The van der Waals surface area contributed by atoms with E-state index < -0.39 is 41.6 Å². The molecule has 0 saturated carbocycles. The first-order valence-electron chi connectivity index (χ1n) is 12.0. The molecule has 196 valence electrons. The highest BCUT2D eigenvalue weighted by Gasteiger charge is 2.38. The molecule has 0 aliphatic heterocycles. The number of aryl methyl sites for hydroxylation is 2. The SMILES string of the molecule is Cc1cc(C)cc(C(C(=O)NC(C)C)N(C(=O)C(CCC(N)=O)NC(=O)OC(C)(C)C)C(C)C)c1. The number of ether oxygens (including phenoxy) is 1. The molecule has 0 aliphatic carbocycles. The maximum Gasteiger partial charge on any atom is 0.408 e. The lowest BCUT2D eigenvalue weighted by molar-refractivity contribution is -0.145. The molecule has 9 heteroatoms. The molecule has 9 nitrogen and oxygen atoms in total. The van der Waals surface area contributed by atoms with Gasteiger partial charge in [-0.2, -0.15) is 0 Å². The molecule has 4 N–H and O–H groups in total. The summed E-state index contributed by atoms with van der Waals surface area (Å²) in [5.74, 6) is -1.44. The summed E-state index contributed by atoms with van der Waals surface area (Å²) >= 11 is 0. The lowest BCUT2D eigenvalue weighted by Crippen LogP contribution is -2.55. The minimum Gasteiger partial charge on any atom is -0.444 e. The first-order chi connectivity index (χ1) is 16.0. The van der Waals surface area contributed by atoms with E-state index in [0.29, 0.717) is 5.56 Å². The van der Waals surface area contributed by atoms with Gasteiger partial charge in [-0.05, 0) is 74.3 Å². The summed E-state index contributed by atoms with van der Waals surface area (Å²) < 4.78 is 5.33. The molecule has 2 unspecified atom stereocenters. The fourth-order valence-corrected chi connectivity index (χ4v) is 3.82. The van der Waals surface area contributed by atoms with E-state index in [9.17, 15) is 19.2 Å². The smallest absolute Gasteiger partial charge is 0.408 e.